The van der Waals surface area contributed by atoms with Crippen LogP contribution in [0, 0.1) is 6.92 Å². The lowest BCUT2D eigenvalue weighted by molar-refractivity contribution is -0.142. The summed E-state index contributed by atoms with van der Waals surface area (Å²) in [6.07, 6.45) is 4.07. The summed E-state index contributed by atoms with van der Waals surface area (Å²) in [5, 5.41) is 0.716. The molecule has 2 aliphatic rings. The molecule has 1 saturated heterocycles. The maximum atomic E-state index is 13.5. The van der Waals surface area contributed by atoms with Gasteiger partial charge in [0, 0.05) is 18.1 Å². The number of fused-ring (bicyclic) bond motifs is 1. The Labute approximate surface area is 169 Å². The number of H-pyrrole nitrogens is 1. The SMILES string of the molecule is Cc1ccc2nc(C3CN(C(=O)C4(c5ccc(Cl)cc5)CCCC4)C3)[nH]c2c1. The Balaban J connectivity index is 1.35. The lowest BCUT2D eigenvalue weighted by Crippen LogP contribution is -2.55. The van der Waals surface area contributed by atoms with Crippen molar-refractivity contribution in [3.63, 3.8) is 0 Å². The molecule has 2 heterocycles. The third kappa shape index (κ3) is 2.82. The van der Waals surface area contributed by atoms with Gasteiger partial charge in [-0.3, -0.25) is 4.79 Å². The topological polar surface area (TPSA) is 49.0 Å². The van der Waals surface area contributed by atoms with Gasteiger partial charge in [-0.05, 0) is 55.2 Å². The Hall–Kier alpha value is -2.33. The van der Waals surface area contributed by atoms with Crippen LogP contribution in [-0.4, -0.2) is 33.9 Å². The molecule has 0 atom stereocenters. The van der Waals surface area contributed by atoms with Crippen LogP contribution in [0.2, 0.25) is 5.02 Å². The maximum Gasteiger partial charge on any atom is 0.233 e. The molecule has 0 radical (unpaired) electrons. The molecule has 1 aromatic heterocycles. The highest BCUT2D eigenvalue weighted by molar-refractivity contribution is 6.30. The summed E-state index contributed by atoms with van der Waals surface area (Å²) < 4.78 is 0. The quantitative estimate of drug-likeness (QED) is 0.683. The van der Waals surface area contributed by atoms with E-state index in [2.05, 4.69) is 30.1 Å². The van der Waals surface area contributed by atoms with Crippen molar-refractivity contribution in [2.75, 3.05) is 13.1 Å². The van der Waals surface area contributed by atoms with Crippen molar-refractivity contribution in [3.8, 4) is 0 Å². The minimum absolute atomic E-state index is 0.274. The number of hydrogen-bond acceptors (Lipinski definition) is 2. The number of imidazole rings is 1. The van der Waals surface area contributed by atoms with E-state index in [9.17, 15) is 4.79 Å². The van der Waals surface area contributed by atoms with Crippen LogP contribution in [-0.2, 0) is 10.2 Å². The zero-order valence-corrected chi connectivity index (χ0v) is 16.8. The van der Waals surface area contributed by atoms with Crippen molar-refractivity contribution in [1.29, 1.82) is 0 Å². The minimum Gasteiger partial charge on any atom is -0.342 e. The largest absolute Gasteiger partial charge is 0.342 e. The number of halogens is 1. The molecular weight excluding hydrogens is 370 g/mol. The second-order valence-corrected chi connectivity index (χ2v) is 8.78. The number of hydrogen-bond donors (Lipinski definition) is 1. The van der Waals surface area contributed by atoms with Crippen LogP contribution >= 0.6 is 11.6 Å². The number of aryl methyl sites for hydroxylation is 1. The number of aromatic nitrogens is 2. The number of nitrogens with one attached hydrogen (secondary N) is 1. The number of amides is 1. The lowest BCUT2D eigenvalue weighted by atomic mass is 9.76. The van der Waals surface area contributed by atoms with E-state index in [-0.39, 0.29) is 11.3 Å². The number of benzene rings is 2. The van der Waals surface area contributed by atoms with Gasteiger partial charge in [0.1, 0.15) is 5.82 Å². The lowest BCUT2D eigenvalue weighted by Gasteiger charge is -2.43. The summed E-state index contributed by atoms with van der Waals surface area (Å²) in [5.74, 6) is 1.56. The highest BCUT2D eigenvalue weighted by atomic mass is 35.5. The summed E-state index contributed by atoms with van der Waals surface area (Å²) in [5.41, 5.74) is 4.04. The van der Waals surface area contributed by atoms with E-state index in [0.29, 0.717) is 10.9 Å². The molecule has 5 heteroatoms. The Kier molecular flexibility index (Phi) is 4.20. The molecule has 4 nitrogen and oxygen atoms in total. The molecule has 144 valence electrons. The molecule has 0 bridgehead atoms. The summed E-state index contributed by atoms with van der Waals surface area (Å²) in [7, 11) is 0. The first kappa shape index (κ1) is 17.7. The Morgan fingerprint density at radius 3 is 2.57 bits per heavy atom. The molecule has 1 saturated carbocycles. The molecule has 1 N–H and O–H groups in total. The zero-order valence-electron chi connectivity index (χ0n) is 16.0. The molecule has 0 spiro atoms. The van der Waals surface area contributed by atoms with Gasteiger partial charge in [-0.2, -0.15) is 0 Å². The molecule has 1 aliphatic carbocycles. The van der Waals surface area contributed by atoms with Crippen molar-refractivity contribution in [3.05, 3.63) is 64.4 Å². The van der Waals surface area contributed by atoms with E-state index in [1.807, 2.05) is 29.2 Å². The van der Waals surface area contributed by atoms with E-state index in [4.69, 9.17) is 16.6 Å². The van der Waals surface area contributed by atoms with E-state index >= 15 is 0 Å². The second kappa shape index (κ2) is 6.63. The number of rotatable bonds is 3. The van der Waals surface area contributed by atoms with Crippen LogP contribution in [0.1, 0.15) is 48.6 Å². The Morgan fingerprint density at radius 2 is 1.86 bits per heavy atom. The maximum absolute atomic E-state index is 13.5. The van der Waals surface area contributed by atoms with Crippen LogP contribution in [0.25, 0.3) is 11.0 Å². The monoisotopic (exact) mass is 393 g/mol. The third-order valence-electron chi connectivity index (χ3n) is 6.47. The van der Waals surface area contributed by atoms with E-state index in [1.54, 1.807) is 0 Å². The van der Waals surface area contributed by atoms with Crippen molar-refractivity contribution in [2.45, 2.75) is 43.9 Å². The number of nitrogens with zero attached hydrogens (tertiary/aromatic N) is 2. The van der Waals surface area contributed by atoms with Gasteiger partial charge in [0.15, 0.2) is 0 Å². The van der Waals surface area contributed by atoms with Gasteiger partial charge in [-0.15, -0.1) is 0 Å². The van der Waals surface area contributed by atoms with Crippen LogP contribution < -0.4 is 0 Å². The van der Waals surface area contributed by atoms with Crippen molar-refractivity contribution < 1.29 is 4.79 Å². The van der Waals surface area contributed by atoms with Gasteiger partial charge in [0.05, 0.1) is 22.4 Å². The fourth-order valence-corrected chi connectivity index (χ4v) is 4.96. The number of carbonyl (C=O) groups excluding carboxylic acids is 1. The number of likely N-dealkylation sites (tertiary alicyclic amines) is 1. The highest BCUT2D eigenvalue weighted by Gasteiger charge is 2.48. The van der Waals surface area contributed by atoms with Crippen molar-refractivity contribution in [2.24, 2.45) is 0 Å². The predicted molar refractivity (Wildman–Crippen MR) is 112 cm³/mol. The van der Waals surface area contributed by atoms with Crippen molar-refractivity contribution in [1.82, 2.24) is 14.9 Å². The van der Waals surface area contributed by atoms with Crippen LogP contribution in [0.4, 0.5) is 0 Å². The van der Waals surface area contributed by atoms with E-state index < -0.39 is 0 Å². The summed E-state index contributed by atoms with van der Waals surface area (Å²) in [4.78, 5) is 23.7. The first-order chi connectivity index (χ1) is 13.5. The average Bonchev–Trinajstić information content (AvgIpc) is 3.28. The smallest absolute Gasteiger partial charge is 0.233 e. The standard InChI is InChI=1S/C23H24ClN3O/c1-15-4-9-19-20(12-15)26-21(25-19)16-13-27(14-16)22(28)23(10-2-3-11-23)17-5-7-18(24)8-6-17/h4-9,12,16H,2-3,10-11,13-14H2,1H3,(H,25,26). The van der Waals surface area contributed by atoms with Crippen LogP contribution in [0.5, 0.6) is 0 Å². The molecular formula is C23H24ClN3O. The average molecular weight is 394 g/mol. The molecule has 5 rings (SSSR count). The number of aromatic amines is 1. The minimum atomic E-state index is -0.374. The summed E-state index contributed by atoms with van der Waals surface area (Å²) in [6, 6.07) is 14.1. The van der Waals surface area contributed by atoms with Gasteiger partial charge in [-0.25, -0.2) is 4.98 Å². The van der Waals surface area contributed by atoms with Gasteiger partial charge >= 0.3 is 0 Å². The molecule has 2 fully saturated rings. The molecule has 2 aromatic carbocycles. The van der Waals surface area contributed by atoms with Crippen LogP contribution in [0.3, 0.4) is 0 Å². The van der Waals surface area contributed by atoms with Crippen molar-refractivity contribution >= 4 is 28.5 Å². The molecule has 1 aliphatic heterocycles. The van der Waals surface area contributed by atoms with E-state index in [1.165, 1.54) is 5.56 Å². The van der Waals surface area contributed by atoms with E-state index in [0.717, 1.165) is 61.2 Å². The van der Waals surface area contributed by atoms with Gasteiger partial charge in [0.25, 0.3) is 0 Å². The second-order valence-electron chi connectivity index (χ2n) is 8.35. The normalized spacial score (nSPS) is 19.1. The molecule has 0 unspecified atom stereocenters. The summed E-state index contributed by atoms with van der Waals surface area (Å²) in [6.45, 7) is 3.57. The van der Waals surface area contributed by atoms with Gasteiger partial charge in [-0.1, -0.05) is 42.6 Å². The first-order valence-electron chi connectivity index (χ1n) is 10.1. The molecule has 3 aromatic rings. The molecule has 28 heavy (non-hydrogen) atoms. The van der Waals surface area contributed by atoms with Gasteiger partial charge < -0.3 is 9.88 Å². The first-order valence-corrected chi connectivity index (χ1v) is 10.4. The highest BCUT2D eigenvalue weighted by Crippen LogP contribution is 2.44. The molecule has 1 amide bonds. The zero-order chi connectivity index (χ0) is 19.3. The fraction of sp³-hybridized carbons (Fsp3) is 0.391. The van der Waals surface area contributed by atoms with Crippen LogP contribution in [0.15, 0.2) is 42.5 Å². The van der Waals surface area contributed by atoms with Gasteiger partial charge in [0.2, 0.25) is 5.91 Å². The number of carbonyl (C=O) groups is 1. The Bertz CT molecular complexity index is 1030. The Morgan fingerprint density at radius 1 is 1.14 bits per heavy atom. The summed E-state index contributed by atoms with van der Waals surface area (Å²) >= 11 is 6.07. The fourth-order valence-electron chi connectivity index (χ4n) is 4.83. The predicted octanol–water partition coefficient (Wildman–Crippen LogP) is 4.96. The third-order valence-corrected chi connectivity index (χ3v) is 6.73.